The van der Waals surface area contributed by atoms with Crippen LogP contribution in [0.5, 0.6) is 0 Å². The second-order valence-electron chi connectivity index (χ2n) is 6.25. The minimum absolute atomic E-state index is 0.105. The molecule has 4 nitrogen and oxygen atoms in total. The molecule has 2 aliphatic rings. The molecule has 114 valence electrons. The third-order valence-electron chi connectivity index (χ3n) is 4.48. The number of hydrogen-bond acceptors (Lipinski definition) is 3. The molecule has 2 heterocycles. The Labute approximate surface area is 126 Å². The first kappa shape index (κ1) is 14.4. The van der Waals surface area contributed by atoms with Gasteiger partial charge in [0, 0.05) is 25.3 Å². The molecule has 4 heteroatoms. The number of hydrogen-bond donors (Lipinski definition) is 0. The zero-order chi connectivity index (χ0) is 15.0. The summed E-state index contributed by atoms with van der Waals surface area (Å²) in [5.41, 5.74) is 2.56. The lowest BCUT2D eigenvalue weighted by Gasteiger charge is -2.38. The SMILES string of the molecule is C[C@@H]1CN(C(=O)[C@H](C)N2CCc3ccccc32)C[C@H](C)O1. The van der Waals surface area contributed by atoms with Crippen molar-refractivity contribution in [2.24, 2.45) is 0 Å². The highest BCUT2D eigenvalue weighted by Gasteiger charge is 2.33. The van der Waals surface area contributed by atoms with E-state index in [-0.39, 0.29) is 24.2 Å². The Hall–Kier alpha value is -1.55. The summed E-state index contributed by atoms with van der Waals surface area (Å²) in [4.78, 5) is 17.0. The van der Waals surface area contributed by atoms with Gasteiger partial charge < -0.3 is 14.5 Å². The summed E-state index contributed by atoms with van der Waals surface area (Å²) in [6.45, 7) is 8.42. The molecule has 1 saturated heterocycles. The lowest BCUT2D eigenvalue weighted by molar-refractivity contribution is -0.144. The van der Waals surface area contributed by atoms with Gasteiger partial charge in [-0.15, -0.1) is 0 Å². The largest absolute Gasteiger partial charge is 0.372 e. The first-order valence-electron chi connectivity index (χ1n) is 7.85. The maximum Gasteiger partial charge on any atom is 0.245 e. The van der Waals surface area contributed by atoms with Crippen molar-refractivity contribution in [3.05, 3.63) is 29.8 Å². The van der Waals surface area contributed by atoms with Gasteiger partial charge in [0.25, 0.3) is 0 Å². The van der Waals surface area contributed by atoms with Crippen LogP contribution in [-0.2, 0) is 16.0 Å². The third kappa shape index (κ3) is 2.77. The molecular weight excluding hydrogens is 264 g/mol. The van der Waals surface area contributed by atoms with Crippen LogP contribution in [0.25, 0.3) is 0 Å². The van der Waals surface area contributed by atoms with E-state index < -0.39 is 0 Å². The highest BCUT2D eigenvalue weighted by atomic mass is 16.5. The van der Waals surface area contributed by atoms with Gasteiger partial charge in [-0.3, -0.25) is 4.79 Å². The number of carbonyl (C=O) groups is 1. The molecule has 2 aliphatic heterocycles. The van der Waals surface area contributed by atoms with Gasteiger partial charge in [-0.2, -0.15) is 0 Å². The lowest BCUT2D eigenvalue weighted by Crippen LogP contribution is -2.54. The Bertz CT molecular complexity index is 521. The van der Waals surface area contributed by atoms with Crippen LogP contribution in [0, 0.1) is 0 Å². The zero-order valence-corrected chi connectivity index (χ0v) is 13.1. The molecule has 21 heavy (non-hydrogen) atoms. The van der Waals surface area contributed by atoms with Gasteiger partial charge in [-0.05, 0) is 38.8 Å². The molecule has 0 unspecified atom stereocenters. The monoisotopic (exact) mass is 288 g/mol. The number of carbonyl (C=O) groups excluding carboxylic acids is 1. The van der Waals surface area contributed by atoms with Gasteiger partial charge in [0.2, 0.25) is 5.91 Å². The van der Waals surface area contributed by atoms with E-state index in [0.717, 1.165) is 13.0 Å². The molecule has 0 saturated carbocycles. The van der Waals surface area contributed by atoms with Crippen LogP contribution in [0.4, 0.5) is 5.69 Å². The van der Waals surface area contributed by atoms with Crippen molar-refractivity contribution in [1.29, 1.82) is 0 Å². The molecule has 0 aromatic heterocycles. The Balaban J connectivity index is 1.74. The number of para-hydroxylation sites is 1. The zero-order valence-electron chi connectivity index (χ0n) is 13.1. The standard InChI is InChI=1S/C17H24N2O2/c1-12-10-18(11-13(2)21-12)17(20)14(3)19-9-8-15-6-4-5-7-16(15)19/h4-7,12-14H,8-11H2,1-3H3/t12-,13+,14-/m0/s1. The van der Waals surface area contributed by atoms with Crippen molar-refractivity contribution in [2.75, 3.05) is 24.5 Å². The molecule has 0 bridgehead atoms. The van der Waals surface area contributed by atoms with Crippen LogP contribution in [-0.4, -0.2) is 48.7 Å². The maximum atomic E-state index is 12.8. The Morgan fingerprint density at radius 2 is 1.90 bits per heavy atom. The van der Waals surface area contributed by atoms with E-state index >= 15 is 0 Å². The summed E-state index contributed by atoms with van der Waals surface area (Å²) < 4.78 is 5.72. The van der Waals surface area contributed by atoms with Gasteiger partial charge in [0.15, 0.2) is 0 Å². The average molecular weight is 288 g/mol. The molecule has 1 aromatic carbocycles. The second-order valence-corrected chi connectivity index (χ2v) is 6.25. The molecule has 1 aromatic rings. The quantitative estimate of drug-likeness (QED) is 0.835. The number of fused-ring (bicyclic) bond motifs is 1. The lowest BCUT2D eigenvalue weighted by atomic mass is 10.1. The predicted molar refractivity (Wildman–Crippen MR) is 83.5 cm³/mol. The molecule has 3 rings (SSSR count). The summed E-state index contributed by atoms with van der Waals surface area (Å²) in [6, 6.07) is 8.29. The van der Waals surface area contributed by atoms with Gasteiger partial charge in [0.05, 0.1) is 12.2 Å². The summed E-state index contributed by atoms with van der Waals surface area (Å²) in [5, 5.41) is 0. The number of benzene rings is 1. The number of amides is 1. The van der Waals surface area contributed by atoms with E-state index in [4.69, 9.17) is 4.74 Å². The topological polar surface area (TPSA) is 32.8 Å². The van der Waals surface area contributed by atoms with Crippen molar-refractivity contribution in [3.63, 3.8) is 0 Å². The third-order valence-corrected chi connectivity index (χ3v) is 4.48. The van der Waals surface area contributed by atoms with E-state index in [0.29, 0.717) is 13.1 Å². The fourth-order valence-electron chi connectivity index (χ4n) is 3.52. The summed E-state index contributed by atoms with van der Waals surface area (Å²) >= 11 is 0. The molecule has 0 radical (unpaired) electrons. The van der Waals surface area contributed by atoms with Crippen LogP contribution in [0.3, 0.4) is 0 Å². The number of anilines is 1. The van der Waals surface area contributed by atoms with Crippen LogP contribution in [0.2, 0.25) is 0 Å². The highest BCUT2D eigenvalue weighted by Crippen LogP contribution is 2.29. The Morgan fingerprint density at radius 1 is 1.24 bits per heavy atom. The number of rotatable bonds is 2. The minimum Gasteiger partial charge on any atom is -0.372 e. The van der Waals surface area contributed by atoms with Gasteiger partial charge in [-0.25, -0.2) is 0 Å². The van der Waals surface area contributed by atoms with E-state index in [1.54, 1.807) is 0 Å². The predicted octanol–water partition coefficient (Wildman–Crippen LogP) is 2.07. The second kappa shape index (κ2) is 5.68. The summed E-state index contributed by atoms with van der Waals surface area (Å²) in [5.74, 6) is 0.216. The van der Waals surface area contributed by atoms with Gasteiger partial charge in [-0.1, -0.05) is 18.2 Å². The van der Waals surface area contributed by atoms with E-state index in [9.17, 15) is 4.79 Å². The van der Waals surface area contributed by atoms with Crippen molar-refractivity contribution in [1.82, 2.24) is 4.90 Å². The number of morpholine rings is 1. The number of ether oxygens (including phenoxy) is 1. The Morgan fingerprint density at radius 3 is 2.62 bits per heavy atom. The highest BCUT2D eigenvalue weighted by molar-refractivity contribution is 5.86. The summed E-state index contributed by atoms with van der Waals surface area (Å²) in [7, 11) is 0. The number of nitrogens with zero attached hydrogens (tertiary/aromatic N) is 2. The van der Waals surface area contributed by atoms with E-state index in [1.807, 2.05) is 31.7 Å². The van der Waals surface area contributed by atoms with Crippen LogP contribution in [0.1, 0.15) is 26.3 Å². The average Bonchev–Trinajstić information content (AvgIpc) is 2.88. The van der Waals surface area contributed by atoms with Crippen LogP contribution in [0.15, 0.2) is 24.3 Å². The normalized spacial score (nSPS) is 26.6. The Kier molecular flexibility index (Phi) is 3.89. The molecule has 1 amide bonds. The molecular formula is C17H24N2O2. The van der Waals surface area contributed by atoms with Crippen molar-refractivity contribution in [3.8, 4) is 0 Å². The van der Waals surface area contributed by atoms with Crippen molar-refractivity contribution >= 4 is 11.6 Å². The van der Waals surface area contributed by atoms with E-state index in [1.165, 1.54) is 11.3 Å². The fraction of sp³-hybridized carbons (Fsp3) is 0.588. The van der Waals surface area contributed by atoms with Crippen molar-refractivity contribution < 1.29 is 9.53 Å². The smallest absolute Gasteiger partial charge is 0.245 e. The first-order valence-corrected chi connectivity index (χ1v) is 7.85. The van der Waals surface area contributed by atoms with Gasteiger partial charge >= 0.3 is 0 Å². The van der Waals surface area contributed by atoms with Crippen LogP contribution >= 0.6 is 0 Å². The van der Waals surface area contributed by atoms with Crippen molar-refractivity contribution in [2.45, 2.75) is 45.4 Å². The first-order chi connectivity index (χ1) is 10.1. The molecule has 1 fully saturated rings. The van der Waals surface area contributed by atoms with Crippen LogP contribution < -0.4 is 4.90 Å². The maximum absolute atomic E-state index is 12.8. The van der Waals surface area contributed by atoms with E-state index in [2.05, 4.69) is 23.1 Å². The molecule has 0 spiro atoms. The minimum atomic E-state index is -0.105. The summed E-state index contributed by atoms with van der Waals surface area (Å²) in [6.07, 6.45) is 1.27. The molecule has 0 N–H and O–H groups in total. The fourth-order valence-corrected chi connectivity index (χ4v) is 3.52. The van der Waals surface area contributed by atoms with Gasteiger partial charge in [0.1, 0.15) is 6.04 Å². The molecule has 3 atom stereocenters. The molecule has 0 aliphatic carbocycles.